The number of aliphatic hydroxyl groups is 1. The Morgan fingerprint density at radius 1 is 1.18 bits per heavy atom. The van der Waals surface area contributed by atoms with Crippen molar-refractivity contribution in [3.8, 4) is 0 Å². The number of fused-ring (bicyclic) bond motifs is 1. The summed E-state index contributed by atoms with van der Waals surface area (Å²) in [6.07, 6.45) is 7.95. The standard InChI is InChI=1S/C17H21N9O2/c27-9-5-20-15-14-16(24-17(23-15)22-12-10-18-3-4-19-12)26(11-21-14)8-7-25-6-1-2-13(25)28/h3-4,10-11,27H,1-2,5-9H2,(H2,19,20,22,23,24). The lowest BCUT2D eigenvalue weighted by Crippen LogP contribution is -2.28. The van der Waals surface area contributed by atoms with Gasteiger partial charge in [0.2, 0.25) is 11.9 Å². The van der Waals surface area contributed by atoms with E-state index in [1.807, 2.05) is 9.47 Å². The van der Waals surface area contributed by atoms with E-state index in [-0.39, 0.29) is 12.5 Å². The van der Waals surface area contributed by atoms with Gasteiger partial charge >= 0.3 is 0 Å². The SMILES string of the molecule is O=C1CCCN1CCn1cnc2c(NCCO)nc(Nc3cnccn3)nc21. The summed E-state index contributed by atoms with van der Waals surface area (Å²) in [6, 6.07) is 0. The van der Waals surface area contributed by atoms with Crippen LogP contribution in [0.25, 0.3) is 11.2 Å². The summed E-state index contributed by atoms with van der Waals surface area (Å²) >= 11 is 0. The summed E-state index contributed by atoms with van der Waals surface area (Å²) in [4.78, 5) is 35.3. The molecule has 0 atom stereocenters. The number of hydrogen-bond donors (Lipinski definition) is 3. The molecule has 0 saturated carbocycles. The second kappa shape index (κ2) is 8.13. The van der Waals surface area contributed by atoms with Crippen LogP contribution < -0.4 is 10.6 Å². The van der Waals surface area contributed by atoms with Crippen molar-refractivity contribution in [2.45, 2.75) is 19.4 Å². The Morgan fingerprint density at radius 3 is 2.86 bits per heavy atom. The maximum Gasteiger partial charge on any atom is 0.232 e. The Labute approximate surface area is 160 Å². The Balaban J connectivity index is 1.62. The molecule has 0 spiro atoms. The van der Waals surface area contributed by atoms with Gasteiger partial charge in [0, 0.05) is 45.0 Å². The molecule has 146 valence electrons. The number of aromatic nitrogens is 6. The van der Waals surface area contributed by atoms with Crippen molar-refractivity contribution in [3.63, 3.8) is 0 Å². The molecule has 0 bridgehead atoms. The van der Waals surface area contributed by atoms with Gasteiger partial charge in [-0.25, -0.2) is 9.97 Å². The van der Waals surface area contributed by atoms with Crippen molar-refractivity contribution in [1.82, 2.24) is 34.4 Å². The molecule has 3 aromatic heterocycles. The average Bonchev–Trinajstić information content (AvgIpc) is 3.31. The van der Waals surface area contributed by atoms with Gasteiger partial charge in [0.15, 0.2) is 22.8 Å². The Hall–Kier alpha value is -3.34. The van der Waals surface area contributed by atoms with Crippen molar-refractivity contribution in [2.75, 3.05) is 36.9 Å². The van der Waals surface area contributed by atoms with Crippen LogP contribution in [0.4, 0.5) is 17.6 Å². The van der Waals surface area contributed by atoms with Gasteiger partial charge in [0.25, 0.3) is 0 Å². The van der Waals surface area contributed by atoms with Gasteiger partial charge in [-0.1, -0.05) is 0 Å². The highest BCUT2D eigenvalue weighted by molar-refractivity contribution is 5.84. The van der Waals surface area contributed by atoms with Crippen LogP contribution in [0, 0.1) is 0 Å². The van der Waals surface area contributed by atoms with E-state index >= 15 is 0 Å². The molecule has 0 unspecified atom stereocenters. The van der Waals surface area contributed by atoms with Crippen molar-refractivity contribution >= 4 is 34.7 Å². The molecule has 1 fully saturated rings. The molecule has 4 heterocycles. The molecule has 1 amide bonds. The molecular weight excluding hydrogens is 362 g/mol. The lowest BCUT2D eigenvalue weighted by Gasteiger charge is -2.16. The molecule has 3 N–H and O–H groups in total. The highest BCUT2D eigenvalue weighted by Gasteiger charge is 2.20. The zero-order chi connectivity index (χ0) is 19.3. The lowest BCUT2D eigenvalue weighted by molar-refractivity contribution is -0.127. The first-order valence-electron chi connectivity index (χ1n) is 9.13. The summed E-state index contributed by atoms with van der Waals surface area (Å²) in [7, 11) is 0. The fourth-order valence-electron chi connectivity index (χ4n) is 3.11. The Morgan fingerprint density at radius 2 is 2.11 bits per heavy atom. The van der Waals surface area contributed by atoms with Gasteiger partial charge in [-0.05, 0) is 6.42 Å². The van der Waals surface area contributed by atoms with Gasteiger partial charge in [0.1, 0.15) is 0 Å². The maximum atomic E-state index is 11.8. The van der Waals surface area contributed by atoms with Crippen molar-refractivity contribution in [3.05, 3.63) is 24.9 Å². The first kappa shape index (κ1) is 18.0. The summed E-state index contributed by atoms with van der Waals surface area (Å²) in [6.45, 7) is 2.30. The number of anilines is 3. The van der Waals surface area contributed by atoms with E-state index in [1.165, 1.54) is 0 Å². The van der Waals surface area contributed by atoms with Crippen LogP contribution in [0.5, 0.6) is 0 Å². The van der Waals surface area contributed by atoms with E-state index in [2.05, 4.69) is 35.6 Å². The first-order valence-corrected chi connectivity index (χ1v) is 9.13. The van der Waals surface area contributed by atoms with E-state index in [9.17, 15) is 4.79 Å². The molecule has 1 saturated heterocycles. The number of nitrogens with one attached hydrogen (secondary N) is 2. The van der Waals surface area contributed by atoms with Gasteiger partial charge < -0.3 is 25.2 Å². The first-order chi connectivity index (χ1) is 13.7. The zero-order valence-corrected chi connectivity index (χ0v) is 15.2. The highest BCUT2D eigenvalue weighted by Crippen LogP contribution is 2.22. The quantitative estimate of drug-likeness (QED) is 0.505. The molecule has 0 aromatic carbocycles. The molecule has 3 aromatic rings. The second-order valence-electron chi connectivity index (χ2n) is 6.36. The van der Waals surface area contributed by atoms with Crippen molar-refractivity contribution < 1.29 is 9.90 Å². The lowest BCUT2D eigenvalue weighted by atomic mass is 10.4. The zero-order valence-electron chi connectivity index (χ0n) is 15.2. The average molecular weight is 383 g/mol. The van der Waals surface area contributed by atoms with E-state index in [1.54, 1.807) is 24.9 Å². The normalized spacial score (nSPS) is 14.0. The number of imidazole rings is 1. The predicted molar refractivity (Wildman–Crippen MR) is 102 cm³/mol. The van der Waals surface area contributed by atoms with Gasteiger partial charge in [-0.2, -0.15) is 9.97 Å². The Kier molecular flexibility index (Phi) is 5.24. The molecule has 28 heavy (non-hydrogen) atoms. The van der Waals surface area contributed by atoms with E-state index in [0.29, 0.717) is 54.8 Å². The number of likely N-dealkylation sites (tertiary alicyclic amines) is 1. The largest absolute Gasteiger partial charge is 0.395 e. The fourth-order valence-corrected chi connectivity index (χ4v) is 3.11. The summed E-state index contributed by atoms with van der Waals surface area (Å²) in [5, 5.41) is 15.2. The van der Waals surface area contributed by atoms with Crippen LogP contribution in [-0.2, 0) is 11.3 Å². The van der Waals surface area contributed by atoms with E-state index in [0.717, 1.165) is 13.0 Å². The minimum Gasteiger partial charge on any atom is -0.395 e. The van der Waals surface area contributed by atoms with Crippen LogP contribution in [0.15, 0.2) is 24.9 Å². The van der Waals surface area contributed by atoms with Crippen molar-refractivity contribution in [2.24, 2.45) is 0 Å². The summed E-state index contributed by atoms with van der Waals surface area (Å²) in [5.74, 6) is 1.56. The minimum atomic E-state index is -0.0315. The Bertz CT molecular complexity index is 960. The van der Waals surface area contributed by atoms with Gasteiger partial charge in [0.05, 0.1) is 19.1 Å². The number of nitrogens with zero attached hydrogens (tertiary/aromatic N) is 7. The molecule has 1 aliphatic rings. The van der Waals surface area contributed by atoms with Crippen LogP contribution in [-0.4, -0.2) is 71.6 Å². The third-order valence-electron chi connectivity index (χ3n) is 4.45. The number of aliphatic hydroxyl groups excluding tert-OH is 1. The van der Waals surface area contributed by atoms with Crippen molar-refractivity contribution in [1.29, 1.82) is 0 Å². The third-order valence-corrected chi connectivity index (χ3v) is 4.45. The third kappa shape index (κ3) is 3.83. The number of carbonyl (C=O) groups excluding carboxylic acids is 1. The molecule has 11 heteroatoms. The van der Waals surface area contributed by atoms with Crippen LogP contribution in [0.3, 0.4) is 0 Å². The monoisotopic (exact) mass is 383 g/mol. The molecule has 0 aliphatic carbocycles. The molecule has 1 aliphatic heterocycles. The smallest absolute Gasteiger partial charge is 0.232 e. The predicted octanol–water partition coefficient (Wildman–Crippen LogP) is 0.386. The topological polar surface area (TPSA) is 134 Å². The van der Waals surface area contributed by atoms with E-state index < -0.39 is 0 Å². The van der Waals surface area contributed by atoms with Crippen LogP contribution >= 0.6 is 0 Å². The highest BCUT2D eigenvalue weighted by atomic mass is 16.3. The molecule has 4 rings (SSSR count). The maximum absolute atomic E-state index is 11.8. The number of rotatable bonds is 8. The number of amides is 1. The second-order valence-corrected chi connectivity index (χ2v) is 6.36. The minimum absolute atomic E-state index is 0.0315. The summed E-state index contributed by atoms with van der Waals surface area (Å²) < 4.78 is 1.90. The summed E-state index contributed by atoms with van der Waals surface area (Å²) in [5.41, 5.74) is 1.24. The number of carbonyl (C=O) groups is 1. The molecule has 11 nitrogen and oxygen atoms in total. The number of hydrogen-bond acceptors (Lipinski definition) is 9. The van der Waals surface area contributed by atoms with E-state index in [4.69, 9.17) is 5.11 Å². The fraction of sp³-hybridized carbons (Fsp3) is 0.412. The van der Waals surface area contributed by atoms with Gasteiger partial charge in [-0.3, -0.25) is 9.78 Å². The molecular formula is C17H21N9O2. The van der Waals surface area contributed by atoms with Gasteiger partial charge in [-0.15, -0.1) is 0 Å². The van der Waals surface area contributed by atoms with Crippen LogP contribution in [0.1, 0.15) is 12.8 Å². The van der Waals surface area contributed by atoms with Crippen LogP contribution in [0.2, 0.25) is 0 Å². The molecule has 0 radical (unpaired) electrons.